The zero-order valence-corrected chi connectivity index (χ0v) is 13.3. The zero-order valence-electron chi connectivity index (χ0n) is 11.7. The highest BCUT2D eigenvalue weighted by atomic mass is 79.9. The Morgan fingerprint density at radius 2 is 2.00 bits per heavy atom. The van der Waals surface area contributed by atoms with E-state index in [4.69, 9.17) is 0 Å². The minimum Gasteiger partial charge on any atom is -0.356 e. The molecule has 108 valence electrons. The Morgan fingerprint density at radius 3 is 2.65 bits per heavy atom. The van der Waals surface area contributed by atoms with Gasteiger partial charge in [-0.2, -0.15) is 0 Å². The normalized spacial score (nSPS) is 20.4. The van der Waals surface area contributed by atoms with Crippen LogP contribution in [0.1, 0.15) is 25.3 Å². The molecule has 2 rings (SSSR count). The summed E-state index contributed by atoms with van der Waals surface area (Å²) in [6.07, 6.45) is 1.56. The SMILES string of the molecule is CCCNC(=O)C1CC1C(=O)Nc1ccc(Br)c(C)c1. The van der Waals surface area contributed by atoms with Gasteiger partial charge in [-0.25, -0.2) is 0 Å². The van der Waals surface area contributed by atoms with Crippen molar-refractivity contribution in [2.75, 3.05) is 11.9 Å². The number of carbonyl (C=O) groups excluding carboxylic acids is 2. The summed E-state index contributed by atoms with van der Waals surface area (Å²) in [6, 6.07) is 5.67. The smallest absolute Gasteiger partial charge is 0.228 e. The van der Waals surface area contributed by atoms with Crippen molar-refractivity contribution in [1.29, 1.82) is 0 Å². The van der Waals surface area contributed by atoms with Crippen molar-refractivity contribution in [2.24, 2.45) is 11.8 Å². The summed E-state index contributed by atoms with van der Waals surface area (Å²) >= 11 is 3.42. The molecule has 1 aliphatic rings. The molecule has 20 heavy (non-hydrogen) atoms. The van der Waals surface area contributed by atoms with E-state index in [0.717, 1.165) is 22.1 Å². The van der Waals surface area contributed by atoms with Crippen LogP contribution >= 0.6 is 15.9 Å². The summed E-state index contributed by atoms with van der Waals surface area (Å²) < 4.78 is 1.01. The quantitative estimate of drug-likeness (QED) is 0.867. The van der Waals surface area contributed by atoms with Gasteiger partial charge in [0.05, 0.1) is 11.8 Å². The number of rotatable bonds is 5. The van der Waals surface area contributed by atoms with Crippen LogP contribution < -0.4 is 10.6 Å². The largest absolute Gasteiger partial charge is 0.356 e. The molecule has 0 heterocycles. The Labute approximate surface area is 127 Å². The predicted molar refractivity (Wildman–Crippen MR) is 82.4 cm³/mol. The molecule has 0 radical (unpaired) electrons. The molecule has 2 N–H and O–H groups in total. The van der Waals surface area contributed by atoms with Crippen LogP contribution in [0.2, 0.25) is 0 Å². The zero-order chi connectivity index (χ0) is 14.7. The number of hydrogen-bond acceptors (Lipinski definition) is 2. The van der Waals surface area contributed by atoms with Crippen molar-refractivity contribution in [1.82, 2.24) is 5.32 Å². The molecule has 0 bridgehead atoms. The maximum absolute atomic E-state index is 12.1. The molecular formula is C15H19BrN2O2. The van der Waals surface area contributed by atoms with Gasteiger partial charge in [-0.15, -0.1) is 0 Å². The second-order valence-electron chi connectivity index (χ2n) is 5.19. The lowest BCUT2D eigenvalue weighted by atomic mass is 10.2. The fraction of sp³-hybridized carbons (Fsp3) is 0.467. The summed E-state index contributed by atoms with van der Waals surface area (Å²) in [6.45, 7) is 4.65. The van der Waals surface area contributed by atoms with Gasteiger partial charge in [-0.3, -0.25) is 9.59 Å². The van der Waals surface area contributed by atoms with Crippen molar-refractivity contribution >= 4 is 33.4 Å². The highest BCUT2D eigenvalue weighted by Gasteiger charge is 2.47. The number of benzene rings is 1. The molecule has 0 spiro atoms. The van der Waals surface area contributed by atoms with Crippen molar-refractivity contribution in [3.8, 4) is 0 Å². The number of aryl methyl sites for hydroxylation is 1. The lowest BCUT2D eigenvalue weighted by Gasteiger charge is -2.07. The van der Waals surface area contributed by atoms with Crippen LogP contribution in [0.15, 0.2) is 22.7 Å². The number of amides is 2. The van der Waals surface area contributed by atoms with E-state index < -0.39 is 0 Å². The van der Waals surface area contributed by atoms with Crippen LogP contribution in [0.25, 0.3) is 0 Å². The van der Waals surface area contributed by atoms with Crippen LogP contribution in [0, 0.1) is 18.8 Å². The van der Waals surface area contributed by atoms with E-state index >= 15 is 0 Å². The van der Waals surface area contributed by atoms with Gasteiger partial charge in [0.25, 0.3) is 0 Å². The molecule has 0 aliphatic heterocycles. The van der Waals surface area contributed by atoms with E-state index in [2.05, 4.69) is 26.6 Å². The van der Waals surface area contributed by atoms with Crippen LogP contribution in [0.3, 0.4) is 0 Å². The van der Waals surface area contributed by atoms with Gasteiger partial charge in [-0.05, 0) is 43.5 Å². The number of anilines is 1. The van der Waals surface area contributed by atoms with Crippen LogP contribution in [-0.4, -0.2) is 18.4 Å². The number of halogens is 1. The maximum Gasteiger partial charge on any atom is 0.228 e. The molecular weight excluding hydrogens is 320 g/mol. The Hall–Kier alpha value is -1.36. The molecule has 1 fully saturated rings. The summed E-state index contributed by atoms with van der Waals surface area (Å²) in [5.41, 5.74) is 1.84. The van der Waals surface area contributed by atoms with E-state index in [1.54, 1.807) is 0 Å². The van der Waals surface area contributed by atoms with Gasteiger partial charge in [0.1, 0.15) is 0 Å². The predicted octanol–water partition coefficient (Wildman–Crippen LogP) is 2.86. The van der Waals surface area contributed by atoms with Gasteiger partial charge in [0.2, 0.25) is 11.8 Å². The topological polar surface area (TPSA) is 58.2 Å². The van der Waals surface area contributed by atoms with E-state index in [-0.39, 0.29) is 23.7 Å². The molecule has 1 aromatic carbocycles. The molecule has 5 heteroatoms. The molecule has 1 saturated carbocycles. The number of nitrogens with one attached hydrogen (secondary N) is 2. The average molecular weight is 339 g/mol. The van der Waals surface area contributed by atoms with Crippen LogP contribution in [-0.2, 0) is 9.59 Å². The van der Waals surface area contributed by atoms with E-state index in [9.17, 15) is 9.59 Å². The third-order valence-corrected chi connectivity index (χ3v) is 4.33. The lowest BCUT2D eigenvalue weighted by molar-refractivity contribution is -0.125. The van der Waals surface area contributed by atoms with Crippen molar-refractivity contribution in [3.05, 3.63) is 28.2 Å². The third-order valence-electron chi connectivity index (χ3n) is 3.44. The van der Waals surface area contributed by atoms with E-state index in [0.29, 0.717) is 13.0 Å². The lowest BCUT2D eigenvalue weighted by Crippen LogP contribution is -2.27. The van der Waals surface area contributed by atoms with Gasteiger partial charge >= 0.3 is 0 Å². The standard InChI is InChI=1S/C15H19BrN2O2/c1-3-6-17-14(19)11-8-12(11)15(20)18-10-4-5-13(16)9(2)7-10/h4-5,7,11-12H,3,6,8H2,1-2H3,(H,17,19)(H,18,20). The van der Waals surface area contributed by atoms with E-state index in [1.807, 2.05) is 32.0 Å². The van der Waals surface area contributed by atoms with Gasteiger partial charge < -0.3 is 10.6 Å². The fourth-order valence-electron chi connectivity index (χ4n) is 2.11. The highest BCUT2D eigenvalue weighted by molar-refractivity contribution is 9.10. The molecule has 1 aliphatic carbocycles. The Bertz CT molecular complexity index is 531. The molecule has 0 aromatic heterocycles. The first-order valence-corrected chi connectivity index (χ1v) is 7.67. The monoisotopic (exact) mass is 338 g/mol. The second kappa shape index (κ2) is 6.39. The third kappa shape index (κ3) is 3.60. The van der Waals surface area contributed by atoms with Crippen molar-refractivity contribution in [3.63, 3.8) is 0 Å². The second-order valence-corrected chi connectivity index (χ2v) is 6.05. The summed E-state index contributed by atoms with van der Waals surface area (Å²) in [5.74, 6) is -0.406. The molecule has 2 amide bonds. The summed E-state index contributed by atoms with van der Waals surface area (Å²) in [4.78, 5) is 23.8. The first-order valence-electron chi connectivity index (χ1n) is 6.87. The molecule has 1 aromatic rings. The molecule has 2 unspecified atom stereocenters. The van der Waals surface area contributed by atoms with Crippen LogP contribution in [0.5, 0.6) is 0 Å². The highest BCUT2D eigenvalue weighted by Crippen LogP contribution is 2.39. The van der Waals surface area contributed by atoms with Gasteiger partial charge in [-0.1, -0.05) is 22.9 Å². The average Bonchev–Trinajstić information content (AvgIpc) is 3.20. The van der Waals surface area contributed by atoms with E-state index in [1.165, 1.54) is 0 Å². The maximum atomic E-state index is 12.1. The molecule has 2 atom stereocenters. The number of carbonyl (C=O) groups is 2. The van der Waals surface area contributed by atoms with Gasteiger partial charge in [0.15, 0.2) is 0 Å². The van der Waals surface area contributed by atoms with Crippen LogP contribution in [0.4, 0.5) is 5.69 Å². The summed E-state index contributed by atoms with van der Waals surface area (Å²) in [7, 11) is 0. The summed E-state index contributed by atoms with van der Waals surface area (Å²) in [5, 5.41) is 5.71. The Balaban J connectivity index is 1.87. The first-order chi connectivity index (χ1) is 9.52. The molecule has 0 saturated heterocycles. The van der Waals surface area contributed by atoms with Gasteiger partial charge in [0, 0.05) is 16.7 Å². The fourth-order valence-corrected chi connectivity index (χ4v) is 2.36. The van der Waals surface area contributed by atoms with Crippen molar-refractivity contribution in [2.45, 2.75) is 26.7 Å². The minimum atomic E-state index is -0.184. The van der Waals surface area contributed by atoms with Crippen molar-refractivity contribution < 1.29 is 9.59 Å². The molecule has 4 nitrogen and oxygen atoms in total. The Kier molecular flexibility index (Phi) is 4.81. The first kappa shape index (κ1) is 15.0. The minimum absolute atomic E-state index is 0.000938. The Morgan fingerprint density at radius 1 is 1.30 bits per heavy atom. The number of hydrogen-bond donors (Lipinski definition) is 2.